The van der Waals surface area contributed by atoms with E-state index in [4.69, 9.17) is 0 Å². The molecule has 20 heavy (non-hydrogen) atoms. The Bertz CT molecular complexity index is 475. The summed E-state index contributed by atoms with van der Waals surface area (Å²) in [5.74, 6) is 1.09. The summed E-state index contributed by atoms with van der Waals surface area (Å²) in [6.45, 7) is 0.968. The van der Waals surface area contributed by atoms with Crippen LogP contribution in [0.5, 0.6) is 0 Å². The lowest BCUT2D eigenvalue weighted by atomic mass is 10.1. The summed E-state index contributed by atoms with van der Waals surface area (Å²) in [4.78, 5) is 14.4. The summed E-state index contributed by atoms with van der Waals surface area (Å²) in [6, 6.07) is 10.8. The molecule has 1 aromatic rings. The lowest BCUT2D eigenvalue weighted by Crippen LogP contribution is -2.35. The van der Waals surface area contributed by atoms with E-state index in [2.05, 4.69) is 41.3 Å². The average molecular weight is 269 g/mol. The summed E-state index contributed by atoms with van der Waals surface area (Å²) in [7, 11) is 0. The lowest BCUT2D eigenvalue weighted by Gasteiger charge is -2.23. The monoisotopic (exact) mass is 269 g/mol. The molecule has 1 saturated carbocycles. The fraction of sp³-hybridized carbons (Fsp3) is 0.500. The second-order valence-electron chi connectivity index (χ2n) is 6.08. The zero-order valence-electron chi connectivity index (χ0n) is 12.0. The molecule has 2 heteroatoms. The van der Waals surface area contributed by atoms with E-state index in [0.717, 1.165) is 25.8 Å². The van der Waals surface area contributed by atoms with Crippen molar-refractivity contribution in [2.75, 3.05) is 6.54 Å². The molecule has 1 heterocycles. The largest absolute Gasteiger partial charge is 0.339 e. The van der Waals surface area contributed by atoms with Crippen molar-refractivity contribution in [1.82, 2.24) is 4.90 Å². The Hall–Kier alpha value is -1.57. The van der Waals surface area contributed by atoms with Gasteiger partial charge in [0.2, 0.25) is 5.91 Å². The Morgan fingerprint density at radius 1 is 1.20 bits per heavy atom. The van der Waals surface area contributed by atoms with Crippen LogP contribution in [-0.2, 0) is 4.79 Å². The van der Waals surface area contributed by atoms with Gasteiger partial charge in [0.1, 0.15) is 0 Å². The molecule has 1 unspecified atom stereocenters. The van der Waals surface area contributed by atoms with E-state index in [0.29, 0.717) is 17.9 Å². The summed E-state index contributed by atoms with van der Waals surface area (Å²) in [5.41, 5.74) is 1.24. The van der Waals surface area contributed by atoms with Gasteiger partial charge in [-0.25, -0.2) is 0 Å². The van der Waals surface area contributed by atoms with Gasteiger partial charge in [0.15, 0.2) is 0 Å². The minimum Gasteiger partial charge on any atom is -0.339 e. The van der Waals surface area contributed by atoms with E-state index >= 15 is 0 Å². The van der Waals surface area contributed by atoms with Gasteiger partial charge in [0.05, 0.1) is 0 Å². The molecule has 1 aliphatic heterocycles. The first kappa shape index (κ1) is 13.4. The quantitative estimate of drug-likeness (QED) is 0.794. The number of carbonyl (C=O) groups excluding carboxylic acids is 1. The highest BCUT2D eigenvalue weighted by atomic mass is 16.2. The molecule has 0 aromatic heterocycles. The normalized spacial score (nSPS) is 22.6. The molecular formula is C18H23NO. The number of likely N-dealkylation sites (tertiary alicyclic amines) is 1. The summed E-state index contributed by atoms with van der Waals surface area (Å²) in [6.07, 6.45) is 11.0. The first-order valence-corrected chi connectivity index (χ1v) is 7.84. The van der Waals surface area contributed by atoms with Crippen molar-refractivity contribution >= 4 is 12.0 Å². The molecule has 0 bridgehead atoms. The van der Waals surface area contributed by atoms with Crippen molar-refractivity contribution in [2.24, 2.45) is 5.92 Å². The molecule has 1 aromatic carbocycles. The van der Waals surface area contributed by atoms with Gasteiger partial charge in [0, 0.05) is 19.0 Å². The van der Waals surface area contributed by atoms with Crippen LogP contribution in [0.15, 0.2) is 36.4 Å². The van der Waals surface area contributed by atoms with Gasteiger partial charge in [-0.15, -0.1) is 0 Å². The molecule has 2 nitrogen and oxygen atoms in total. The molecular weight excluding hydrogens is 246 g/mol. The second kappa shape index (κ2) is 6.25. The number of benzene rings is 1. The topological polar surface area (TPSA) is 20.3 Å². The first-order valence-electron chi connectivity index (χ1n) is 7.84. The van der Waals surface area contributed by atoms with Crippen LogP contribution < -0.4 is 0 Å². The van der Waals surface area contributed by atoms with Gasteiger partial charge in [-0.2, -0.15) is 0 Å². The Labute approximate surface area is 121 Å². The van der Waals surface area contributed by atoms with E-state index in [1.165, 1.54) is 24.8 Å². The number of rotatable bonds is 5. The third-order valence-corrected chi connectivity index (χ3v) is 4.38. The van der Waals surface area contributed by atoms with Crippen molar-refractivity contribution in [3.63, 3.8) is 0 Å². The third kappa shape index (κ3) is 3.50. The maximum atomic E-state index is 12.2. The zero-order chi connectivity index (χ0) is 13.8. The van der Waals surface area contributed by atoms with Gasteiger partial charge in [-0.05, 0) is 43.6 Å². The minimum atomic E-state index is 0.392. The lowest BCUT2D eigenvalue weighted by molar-refractivity contribution is -0.132. The fourth-order valence-corrected chi connectivity index (χ4v) is 3.02. The first-order chi connectivity index (χ1) is 9.83. The average Bonchev–Trinajstić information content (AvgIpc) is 3.15. The Balaban J connectivity index is 1.53. The standard InChI is InChI=1S/C18H23NO/c20-18(14-16-11-12-16)19-13-5-10-17(19)9-4-8-15-6-2-1-3-7-15/h1-4,6-8,16-17H,5,9-14H2. The molecule has 0 spiro atoms. The zero-order valence-corrected chi connectivity index (χ0v) is 12.0. The fourth-order valence-electron chi connectivity index (χ4n) is 3.02. The van der Waals surface area contributed by atoms with Crippen LogP contribution in [0, 0.1) is 5.92 Å². The van der Waals surface area contributed by atoms with E-state index in [-0.39, 0.29) is 0 Å². The highest BCUT2D eigenvalue weighted by Gasteiger charge is 2.32. The van der Waals surface area contributed by atoms with Crippen molar-refractivity contribution in [3.05, 3.63) is 42.0 Å². The van der Waals surface area contributed by atoms with Crippen molar-refractivity contribution < 1.29 is 4.79 Å². The summed E-state index contributed by atoms with van der Waals surface area (Å²) >= 11 is 0. The molecule has 1 amide bonds. The number of hydrogen-bond donors (Lipinski definition) is 0. The van der Waals surface area contributed by atoms with E-state index < -0.39 is 0 Å². The van der Waals surface area contributed by atoms with Crippen LogP contribution in [0.1, 0.15) is 44.1 Å². The predicted octanol–water partition coefficient (Wildman–Crippen LogP) is 3.88. The van der Waals surface area contributed by atoms with Crippen LogP contribution in [0.4, 0.5) is 0 Å². The van der Waals surface area contributed by atoms with Crippen LogP contribution in [0.3, 0.4) is 0 Å². The van der Waals surface area contributed by atoms with Crippen LogP contribution >= 0.6 is 0 Å². The van der Waals surface area contributed by atoms with Gasteiger partial charge in [-0.3, -0.25) is 4.79 Å². The smallest absolute Gasteiger partial charge is 0.223 e. The van der Waals surface area contributed by atoms with Gasteiger partial charge in [0.25, 0.3) is 0 Å². The molecule has 2 aliphatic rings. The second-order valence-corrected chi connectivity index (χ2v) is 6.08. The minimum absolute atomic E-state index is 0.392. The van der Waals surface area contributed by atoms with Crippen molar-refractivity contribution in [3.8, 4) is 0 Å². The van der Waals surface area contributed by atoms with Crippen molar-refractivity contribution in [1.29, 1.82) is 0 Å². The number of carbonyl (C=O) groups is 1. The molecule has 1 atom stereocenters. The third-order valence-electron chi connectivity index (χ3n) is 4.38. The highest BCUT2D eigenvalue weighted by Crippen LogP contribution is 2.34. The SMILES string of the molecule is O=C(CC1CC1)N1CCCC1CC=Cc1ccccc1. The molecule has 1 aliphatic carbocycles. The molecule has 1 saturated heterocycles. The maximum Gasteiger partial charge on any atom is 0.223 e. The van der Waals surface area contributed by atoms with Crippen LogP contribution in [0.25, 0.3) is 6.08 Å². The highest BCUT2D eigenvalue weighted by molar-refractivity contribution is 5.77. The Kier molecular flexibility index (Phi) is 4.19. The number of hydrogen-bond acceptors (Lipinski definition) is 1. The van der Waals surface area contributed by atoms with Crippen LogP contribution in [-0.4, -0.2) is 23.4 Å². The molecule has 3 rings (SSSR count). The molecule has 2 fully saturated rings. The Morgan fingerprint density at radius 2 is 2.00 bits per heavy atom. The van der Waals surface area contributed by atoms with E-state index in [1.807, 2.05) is 6.07 Å². The molecule has 0 radical (unpaired) electrons. The van der Waals surface area contributed by atoms with Gasteiger partial charge < -0.3 is 4.90 Å². The Morgan fingerprint density at radius 3 is 2.75 bits per heavy atom. The molecule has 0 N–H and O–H groups in total. The molecule has 106 valence electrons. The number of amides is 1. The maximum absolute atomic E-state index is 12.2. The van der Waals surface area contributed by atoms with Crippen LogP contribution in [0.2, 0.25) is 0 Å². The predicted molar refractivity (Wildman–Crippen MR) is 82.2 cm³/mol. The van der Waals surface area contributed by atoms with Crippen molar-refractivity contribution in [2.45, 2.75) is 44.6 Å². The van der Waals surface area contributed by atoms with Gasteiger partial charge in [-0.1, -0.05) is 42.5 Å². The van der Waals surface area contributed by atoms with E-state index in [9.17, 15) is 4.79 Å². The summed E-state index contributed by atoms with van der Waals surface area (Å²) in [5, 5.41) is 0. The number of nitrogens with zero attached hydrogens (tertiary/aromatic N) is 1. The summed E-state index contributed by atoms with van der Waals surface area (Å²) < 4.78 is 0. The van der Waals surface area contributed by atoms with Gasteiger partial charge >= 0.3 is 0 Å². The van der Waals surface area contributed by atoms with E-state index in [1.54, 1.807) is 0 Å².